The third kappa shape index (κ3) is 4.55. The fourth-order valence-corrected chi connectivity index (χ4v) is 4.11. The number of anilines is 1. The lowest BCUT2D eigenvalue weighted by Crippen LogP contribution is -2.43. The molecule has 1 aromatic carbocycles. The van der Waals surface area contributed by atoms with Gasteiger partial charge in [0.25, 0.3) is 0 Å². The van der Waals surface area contributed by atoms with Crippen molar-refractivity contribution in [1.82, 2.24) is 0 Å². The third-order valence-electron chi connectivity index (χ3n) is 5.91. The van der Waals surface area contributed by atoms with E-state index in [-0.39, 0.29) is 28.9 Å². The van der Waals surface area contributed by atoms with Crippen LogP contribution in [0.15, 0.2) is 42.0 Å². The number of amides is 2. The molecule has 144 valence electrons. The maximum atomic E-state index is 12.5. The van der Waals surface area contributed by atoms with Gasteiger partial charge >= 0.3 is 0 Å². The van der Waals surface area contributed by atoms with E-state index in [1.165, 1.54) is 4.90 Å². The largest absolute Gasteiger partial charge is 0.295 e. The summed E-state index contributed by atoms with van der Waals surface area (Å²) in [7, 11) is 0. The van der Waals surface area contributed by atoms with Gasteiger partial charge in [-0.15, -0.1) is 0 Å². The first-order valence-electron chi connectivity index (χ1n) is 9.88. The molecule has 0 N–H and O–H groups in total. The second kappa shape index (κ2) is 7.79. The zero-order valence-electron chi connectivity index (χ0n) is 16.5. The highest BCUT2D eigenvalue weighted by Gasteiger charge is 2.34. The van der Waals surface area contributed by atoms with Crippen molar-refractivity contribution in [2.75, 3.05) is 4.90 Å². The van der Waals surface area contributed by atoms with Crippen LogP contribution in [0.5, 0.6) is 0 Å². The van der Waals surface area contributed by atoms with Crippen LogP contribution in [0.3, 0.4) is 0 Å². The van der Waals surface area contributed by atoms with Crippen molar-refractivity contribution >= 4 is 23.3 Å². The lowest BCUT2D eigenvalue weighted by atomic mass is 9.70. The minimum absolute atomic E-state index is 0.0136. The number of hydrogen-bond acceptors (Lipinski definition) is 3. The lowest BCUT2D eigenvalue weighted by Gasteiger charge is -2.34. The molecule has 2 aliphatic rings. The van der Waals surface area contributed by atoms with Gasteiger partial charge in [0.05, 0.1) is 5.69 Å². The Morgan fingerprint density at radius 1 is 1.00 bits per heavy atom. The number of para-hydroxylation sites is 1. The van der Waals surface area contributed by atoms with Gasteiger partial charge in [-0.05, 0) is 54.2 Å². The summed E-state index contributed by atoms with van der Waals surface area (Å²) in [6.07, 6.45) is 5.70. The number of hydrogen-bond donors (Lipinski definition) is 0. The van der Waals surface area contributed by atoms with E-state index in [2.05, 4.69) is 20.8 Å². The quantitative estimate of drug-likeness (QED) is 0.575. The molecule has 2 amide bonds. The maximum absolute atomic E-state index is 12.5. The van der Waals surface area contributed by atoms with Gasteiger partial charge in [0.1, 0.15) is 0 Å². The number of imide groups is 1. The summed E-state index contributed by atoms with van der Waals surface area (Å²) in [6, 6.07) is 9.08. The van der Waals surface area contributed by atoms with Crippen molar-refractivity contribution in [3.63, 3.8) is 0 Å². The SMILES string of the molecule is CC(C)(C)C1CCC(=O)/C(=C\CC2CC(=O)N(c3ccccc3)C(=O)C2)C1. The summed E-state index contributed by atoms with van der Waals surface area (Å²) < 4.78 is 0. The molecule has 2 fully saturated rings. The Labute approximate surface area is 161 Å². The molecular weight excluding hydrogens is 338 g/mol. The van der Waals surface area contributed by atoms with Crippen LogP contribution in [0.1, 0.15) is 59.3 Å². The number of allylic oxidation sites excluding steroid dienone is 2. The Morgan fingerprint density at radius 3 is 2.22 bits per heavy atom. The van der Waals surface area contributed by atoms with Crippen molar-refractivity contribution < 1.29 is 14.4 Å². The Morgan fingerprint density at radius 2 is 1.63 bits per heavy atom. The van der Waals surface area contributed by atoms with E-state index in [4.69, 9.17) is 0 Å². The van der Waals surface area contributed by atoms with Gasteiger partial charge in [-0.25, -0.2) is 0 Å². The van der Waals surface area contributed by atoms with Crippen molar-refractivity contribution in [3.05, 3.63) is 42.0 Å². The topological polar surface area (TPSA) is 54.5 Å². The van der Waals surface area contributed by atoms with E-state index in [1.54, 1.807) is 12.1 Å². The van der Waals surface area contributed by atoms with Crippen molar-refractivity contribution in [3.8, 4) is 0 Å². The summed E-state index contributed by atoms with van der Waals surface area (Å²) in [4.78, 5) is 38.7. The van der Waals surface area contributed by atoms with Crippen molar-refractivity contribution in [1.29, 1.82) is 0 Å². The summed E-state index contributed by atoms with van der Waals surface area (Å²) in [6.45, 7) is 6.67. The molecule has 1 heterocycles. The average molecular weight is 367 g/mol. The zero-order valence-corrected chi connectivity index (χ0v) is 16.5. The molecule has 1 unspecified atom stereocenters. The number of piperidine rings is 1. The van der Waals surface area contributed by atoms with Crippen LogP contribution < -0.4 is 4.90 Å². The van der Waals surface area contributed by atoms with E-state index < -0.39 is 0 Å². The maximum Gasteiger partial charge on any atom is 0.234 e. The van der Waals surface area contributed by atoms with E-state index >= 15 is 0 Å². The highest BCUT2D eigenvalue weighted by Crippen LogP contribution is 2.39. The molecule has 0 radical (unpaired) electrons. The normalized spacial score (nSPS) is 24.0. The minimum Gasteiger partial charge on any atom is -0.295 e. The molecule has 1 saturated heterocycles. The molecule has 0 aromatic heterocycles. The van der Waals surface area contributed by atoms with Crippen molar-refractivity contribution in [2.45, 2.75) is 59.3 Å². The molecule has 1 aliphatic carbocycles. The zero-order chi connectivity index (χ0) is 19.6. The van der Waals surface area contributed by atoms with Crippen LogP contribution in [-0.4, -0.2) is 17.6 Å². The summed E-state index contributed by atoms with van der Waals surface area (Å²) in [5, 5.41) is 0. The fraction of sp³-hybridized carbons (Fsp3) is 0.522. The number of ketones is 1. The second-order valence-electron chi connectivity index (χ2n) is 8.93. The molecule has 0 spiro atoms. The van der Waals surface area contributed by atoms with E-state index in [0.717, 1.165) is 18.4 Å². The smallest absolute Gasteiger partial charge is 0.234 e. The third-order valence-corrected chi connectivity index (χ3v) is 5.91. The number of Topliss-reactive ketones (excluding diaryl/α,β-unsaturated/α-hetero) is 1. The van der Waals surface area contributed by atoms with Gasteiger partial charge in [0, 0.05) is 19.3 Å². The molecule has 0 bridgehead atoms. The predicted molar refractivity (Wildman–Crippen MR) is 106 cm³/mol. The number of carbonyl (C=O) groups is 3. The van der Waals surface area contributed by atoms with Crippen LogP contribution >= 0.6 is 0 Å². The molecular formula is C23H29NO3. The highest BCUT2D eigenvalue weighted by molar-refractivity contribution is 6.16. The first kappa shape index (κ1) is 19.5. The molecule has 1 aliphatic heterocycles. The van der Waals surface area contributed by atoms with Crippen LogP contribution in [0.4, 0.5) is 5.69 Å². The summed E-state index contributed by atoms with van der Waals surface area (Å²) >= 11 is 0. The standard InChI is InChI=1S/C23H29NO3/c1-23(2,3)18-11-12-20(25)17(15-18)10-9-16-13-21(26)24(22(27)14-16)19-7-5-4-6-8-19/h4-8,10,16,18H,9,11-15H2,1-3H3/b17-10-. The first-order chi connectivity index (χ1) is 12.8. The minimum atomic E-state index is -0.150. The first-order valence-corrected chi connectivity index (χ1v) is 9.88. The van der Waals surface area contributed by atoms with Gasteiger partial charge in [-0.2, -0.15) is 0 Å². The molecule has 1 atom stereocenters. The van der Waals surface area contributed by atoms with Crippen LogP contribution in [0.2, 0.25) is 0 Å². The number of benzene rings is 1. The average Bonchev–Trinajstić information content (AvgIpc) is 2.60. The Balaban J connectivity index is 1.65. The van der Waals surface area contributed by atoms with Crippen LogP contribution in [0, 0.1) is 17.3 Å². The molecule has 3 rings (SSSR count). The lowest BCUT2D eigenvalue weighted by molar-refractivity contribution is -0.130. The van der Waals surface area contributed by atoms with Gasteiger partial charge < -0.3 is 0 Å². The van der Waals surface area contributed by atoms with Gasteiger partial charge in [-0.1, -0.05) is 45.0 Å². The van der Waals surface area contributed by atoms with Gasteiger partial charge in [0.15, 0.2) is 5.78 Å². The van der Waals surface area contributed by atoms with Crippen LogP contribution in [0.25, 0.3) is 0 Å². The highest BCUT2D eigenvalue weighted by atomic mass is 16.2. The van der Waals surface area contributed by atoms with Gasteiger partial charge in [0.2, 0.25) is 11.8 Å². The Hall–Kier alpha value is -2.23. The van der Waals surface area contributed by atoms with E-state index in [1.807, 2.05) is 24.3 Å². The predicted octanol–water partition coefficient (Wildman–Crippen LogP) is 4.69. The molecule has 1 saturated carbocycles. The monoisotopic (exact) mass is 367 g/mol. The Kier molecular flexibility index (Phi) is 5.64. The van der Waals surface area contributed by atoms with Crippen LogP contribution in [-0.2, 0) is 14.4 Å². The second-order valence-corrected chi connectivity index (χ2v) is 8.93. The molecule has 4 nitrogen and oxygen atoms in total. The van der Waals surface area contributed by atoms with E-state index in [0.29, 0.717) is 37.3 Å². The summed E-state index contributed by atoms with van der Waals surface area (Å²) in [5.74, 6) is 0.423. The number of nitrogens with zero attached hydrogens (tertiary/aromatic N) is 1. The molecule has 27 heavy (non-hydrogen) atoms. The Bertz CT molecular complexity index is 740. The fourth-order valence-electron chi connectivity index (χ4n) is 4.11. The molecule has 1 aromatic rings. The van der Waals surface area contributed by atoms with Crippen molar-refractivity contribution in [2.24, 2.45) is 17.3 Å². The number of rotatable bonds is 3. The van der Waals surface area contributed by atoms with Gasteiger partial charge in [-0.3, -0.25) is 19.3 Å². The molecule has 4 heteroatoms. The number of carbonyl (C=O) groups excluding carboxylic acids is 3. The summed E-state index contributed by atoms with van der Waals surface area (Å²) in [5.41, 5.74) is 1.72. The van der Waals surface area contributed by atoms with E-state index in [9.17, 15) is 14.4 Å².